The minimum absolute atomic E-state index is 0.0809. The van der Waals surface area contributed by atoms with E-state index in [2.05, 4.69) is 5.32 Å². The van der Waals surface area contributed by atoms with Crippen LogP contribution in [0, 0.1) is 6.92 Å². The summed E-state index contributed by atoms with van der Waals surface area (Å²) in [6.45, 7) is 2.42. The van der Waals surface area contributed by atoms with Crippen LogP contribution >= 0.6 is 22.7 Å². The third-order valence-electron chi connectivity index (χ3n) is 5.89. The maximum Gasteiger partial charge on any atom is 0.265 e. The number of rotatable bonds is 7. The molecule has 2 aromatic heterocycles. The molecule has 6 heteroatoms. The SMILES string of the molecule is Cc1ccccc1[C@@H](C(=O)NC1CCCCC1)N(Cc1cccs1)C(=O)c1cccs1. The molecule has 1 fully saturated rings. The summed E-state index contributed by atoms with van der Waals surface area (Å²) in [6.07, 6.45) is 5.54. The number of thiophene rings is 2. The summed E-state index contributed by atoms with van der Waals surface area (Å²) >= 11 is 3.02. The molecule has 1 aliphatic rings. The van der Waals surface area contributed by atoms with Gasteiger partial charge >= 0.3 is 0 Å². The number of aryl methyl sites for hydroxylation is 1. The number of nitrogens with zero attached hydrogens (tertiary/aromatic N) is 1. The highest BCUT2D eigenvalue weighted by atomic mass is 32.1. The molecule has 2 heterocycles. The van der Waals surface area contributed by atoms with E-state index in [9.17, 15) is 9.59 Å². The topological polar surface area (TPSA) is 49.4 Å². The molecule has 4 nitrogen and oxygen atoms in total. The Balaban J connectivity index is 1.72. The largest absolute Gasteiger partial charge is 0.351 e. The van der Waals surface area contributed by atoms with Crippen molar-refractivity contribution in [2.24, 2.45) is 0 Å². The molecular weight excluding hydrogens is 424 g/mol. The van der Waals surface area contributed by atoms with E-state index in [0.717, 1.165) is 41.7 Å². The number of nitrogens with one attached hydrogen (secondary N) is 1. The summed E-state index contributed by atoms with van der Waals surface area (Å²) in [4.78, 5) is 30.8. The van der Waals surface area contributed by atoms with Crippen molar-refractivity contribution < 1.29 is 9.59 Å². The summed E-state index contributed by atoms with van der Waals surface area (Å²) in [5.41, 5.74) is 1.90. The van der Waals surface area contributed by atoms with Crippen LogP contribution in [0.4, 0.5) is 0 Å². The highest BCUT2D eigenvalue weighted by molar-refractivity contribution is 7.12. The zero-order valence-electron chi connectivity index (χ0n) is 17.8. The first kappa shape index (κ1) is 21.8. The zero-order chi connectivity index (χ0) is 21.6. The molecule has 1 N–H and O–H groups in total. The first-order valence-corrected chi connectivity index (χ1v) is 12.6. The summed E-state index contributed by atoms with van der Waals surface area (Å²) in [7, 11) is 0. The van der Waals surface area contributed by atoms with Gasteiger partial charge in [-0.05, 0) is 53.8 Å². The van der Waals surface area contributed by atoms with E-state index in [4.69, 9.17) is 0 Å². The third-order valence-corrected chi connectivity index (χ3v) is 7.61. The molecule has 0 aliphatic heterocycles. The van der Waals surface area contributed by atoms with E-state index >= 15 is 0 Å². The number of carbonyl (C=O) groups excluding carboxylic acids is 2. The van der Waals surface area contributed by atoms with E-state index in [0.29, 0.717) is 11.4 Å². The minimum atomic E-state index is -0.667. The van der Waals surface area contributed by atoms with Gasteiger partial charge in [-0.15, -0.1) is 22.7 Å². The van der Waals surface area contributed by atoms with Gasteiger partial charge in [-0.3, -0.25) is 9.59 Å². The Labute approximate surface area is 191 Å². The molecule has 1 aliphatic carbocycles. The first-order valence-electron chi connectivity index (χ1n) is 10.9. The minimum Gasteiger partial charge on any atom is -0.351 e. The molecule has 0 radical (unpaired) electrons. The van der Waals surface area contributed by atoms with Crippen molar-refractivity contribution >= 4 is 34.5 Å². The van der Waals surface area contributed by atoms with Crippen LogP contribution in [0.3, 0.4) is 0 Å². The van der Waals surface area contributed by atoms with E-state index in [-0.39, 0.29) is 17.9 Å². The smallest absolute Gasteiger partial charge is 0.265 e. The van der Waals surface area contributed by atoms with Gasteiger partial charge in [0, 0.05) is 10.9 Å². The molecule has 4 rings (SSSR count). The Morgan fingerprint density at radius 2 is 1.74 bits per heavy atom. The molecule has 0 unspecified atom stereocenters. The lowest BCUT2D eigenvalue weighted by Crippen LogP contribution is -2.46. The number of hydrogen-bond acceptors (Lipinski definition) is 4. The molecule has 0 saturated heterocycles. The van der Waals surface area contributed by atoms with Crippen molar-refractivity contribution in [3.05, 3.63) is 80.2 Å². The summed E-state index contributed by atoms with van der Waals surface area (Å²) < 4.78 is 0. The van der Waals surface area contributed by atoms with Crippen LogP contribution in [-0.2, 0) is 11.3 Å². The van der Waals surface area contributed by atoms with Gasteiger partial charge in [-0.1, -0.05) is 55.7 Å². The highest BCUT2D eigenvalue weighted by Gasteiger charge is 2.34. The number of carbonyl (C=O) groups is 2. The number of amides is 2. The molecule has 0 bridgehead atoms. The average molecular weight is 453 g/mol. The highest BCUT2D eigenvalue weighted by Crippen LogP contribution is 2.30. The second-order valence-electron chi connectivity index (χ2n) is 8.09. The molecule has 0 spiro atoms. The summed E-state index contributed by atoms with van der Waals surface area (Å²) in [5.74, 6) is -0.182. The predicted molar refractivity (Wildman–Crippen MR) is 127 cm³/mol. The summed E-state index contributed by atoms with van der Waals surface area (Å²) in [6, 6.07) is 15.1. The van der Waals surface area contributed by atoms with Gasteiger partial charge < -0.3 is 10.2 Å². The Morgan fingerprint density at radius 1 is 1.00 bits per heavy atom. The molecule has 1 aromatic carbocycles. The fourth-order valence-corrected chi connectivity index (χ4v) is 5.65. The van der Waals surface area contributed by atoms with Crippen LogP contribution in [0.15, 0.2) is 59.3 Å². The fraction of sp³-hybridized carbons (Fsp3) is 0.360. The molecule has 1 saturated carbocycles. The first-order chi connectivity index (χ1) is 15.1. The normalized spacial score (nSPS) is 15.4. The molecule has 162 valence electrons. The maximum atomic E-state index is 13.7. The van der Waals surface area contributed by atoms with E-state index in [1.54, 1.807) is 16.2 Å². The second-order valence-corrected chi connectivity index (χ2v) is 10.1. The van der Waals surface area contributed by atoms with Crippen molar-refractivity contribution in [2.45, 2.75) is 57.7 Å². The lowest BCUT2D eigenvalue weighted by atomic mass is 9.94. The van der Waals surface area contributed by atoms with Crippen molar-refractivity contribution in [3.8, 4) is 0 Å². The van der Waals surface area contributed by atoms with Crippen LogP contribution < -0.4 is 5.32 Å². The third kappa shape index (κ3) is 5.25. The van der Waals surface area contributed by atoms with Crippen LogP contribution in [0.25, 0.3) is 0 Å². The van der Waals surface area contributed by atoms with Crippen molar-refractivity contribution in [1.82, 2.24) is 10.2 Å². The Hall–Kier alpha value is -2.44. The van der Waals surface area contributed by atoms with Crippen LogP contribution in [-0.4, -0.2) is 22.8 Å². The molecule has 2 amide bonds. The lowest BCUT2D eigenvalue weighted by Gasteiger charge is -2.33. The van der Waals surface area contributed by atoms with Crippen LogP contribution in [0.5, 0.6) is 0 Å². The number of hydrogen-bond donors (Lipinski definition) is 1. The monoisotopic (exact) mass is 452 g/mol. The fourth-order valence-electron chi connectivity index (χ4n) is 4.26. The van der Waals surface area contributed by atoms with Crippen molar-refractivity contribution in [2.75, 3.05) is 0 Å². The quantitative estimate of drug-likeness (QED) is 0.481. The Kier molecular flexibility index (Phi) is 7.20. The van der Waals surface area contributed by atoms with E-state index < -0.39 is 6.04 Å². The standard InChI is InChI=1S/C25H28N2O2S2/c1-18-9-5-6-13-21(18)23(24(28)26-19-10-3-2-4-11-19)27(17-20-12-7-15-30-20)25(29)22-14-8-16-31-22/h5-9,12-16,19,23H,2-4,10-11,17H2,1H3,(H,26,28)/t23-/m0/s1. The zero-order valence-corrected chi connectivity index (χ0v) is 19.4. The summed E-state index contributed by atoms with van der Waals surface area (Å²) in [5, 5.41) is 7.19. The van der Waals surface area contributed by atoms with Crippen LogP contribution in [0.1, 0.15) is 63.8 Å². The molecular formula is C25H28N2O2S2. The second kappa shape index (κ2) is 10.2. The van der Waals surface area contributed by atoms with Gasteiger partial charge in [0.25, 0.3) is 5.91 Å². The Bertz CT molecular complexity index is 992. The Morgan fingerprint density at radius 3 is 2.42 bits per heavy atom. The van der Waals surface area contributed by atoms with Gasteiger partial charge in [-0.25, -0.2) is 0 Å². The van der Waals surface area contributed by atoms with Gasteiger partial charge in [0.05, 0.1) is 11.4 Å². The van der Waals surface area contributed by atoms with Gasteiger partial charge in [0.15, 0.2) is 0 Å². The maximum absolute atomic E-state index is 13.7. The van der Waals surface area contributed by atoms with Crippen molar-refractivity contribution in [3.63, 3.8) is 0 Å². The van der Waals surface area contributed by atoms with Gasteiger partial charge in [-0.2, -0.15) is 0 Å². The van der Waals surface area contributed by atoms with Crippen molar-refractivity contribution in [1.29, 1.82) is 0 Å². The van der Waals surface area contributed by atoms with Gasteiger partial charge in [0.2, 0.25) is 5.91 Å². The molecule has 31 heavy (non-hydrogen) atoms. The van der Waals surface area contributed by atoms with E-state index in [1.807, 2.05) is 66.2 Å². The van der Waals surface area contributed by atoms with E-state index in [1.165, 1.54) is 17.8 Å². The molecule has 3 aromatic rings. The number of benzene rings is 1. The molecule has 1 atom stereocenters. The lowest BCUT2D eigenvalue weighted by molar-refractivity contribution is -0.127. The average Bonchev–Trinajstić information content (AvgIpc) is 3.49. The predicted octanol–water partition coefficient (Wildman–Crippen LogP) is 5.95. The van der Waals surface area contributed by atoms with Gasteiger partial charge in [0.1, 0.15) is 6.04 Å². The van der Waals surface area contributed by atoms with Crippen LogP contribution in [0.2, 0.25) is 0 Å².